The summed E-state index contributed by atoms with van der Waals surface area (Å²) in [6.45, 7) is 10.1. The molecule has 0 saturated carbocycles. The third kappa shape index (κ3) is 4.39. The highest BCUT2D eigenvalue weighted by Gasteiger charge is 1.95. The Bertz CT molecular complexity index is 202. The van der Waals surface area contributed by atoms with Gasteiger partial charge in [-0.3, -0.25) is 4.99 Å². The first kappa shape index (κ1) is 11.5. The van der Waals surface area contributed by atoms with Crippen LogP contribution in [0.1, 0.15) is 20.8 Å². The van der Waals surface area contributed by atoms with Crippen LogP contribution >= 0.6 is 11.8 Å². The van der Waals surface area contributed by atoms with E-state index in [-0.39, 0.29) is 0 Å². The minimum atomic E-state index is 0.480. The quantitative estimate of drug-likeness (QED) is 0.608. The Morgan fingerprint density at radius 1 is 1.50 bits per heavy atom. The molecule has 12 heavy (non-hydrogen) atoms. The van der Waals surface area contributed by atoms with E-state index in [9.17, 15) is 0 Å². The molecule has 0 fully saturated rings. The summed E-state index contributed by atoms with van der Waals surface area (Å²) in [6, 6.07) is 0. The van der Waals surface area contributed by atoms with Crippen molar-refractivity contribution in [3.05, 3.63) is 23.3 Å². The minimum Gasteiger partial charge on any atom is -0.250 e. The number of allylic oxidation sites excluding steroid dienone is 2. The largest absolute Gasteiger partial charge is 0.250 e. The van der Waals surface area contributed by atoms with Crippen molar-refractivity contribution in [2.24, 2.45) is 10.9 Å². The Morgan fingerprint density at radius 3 is 2.42 bits per heavy atom. The molecule has 0 aliphatic carbocycles. The van der Waals surface area contributed by atoms with Crippen molar-refractivity contribution in [2.45, 2.75) is 20.8 Å². The summed E-state index contributed by atoms with van der Waals surface area (Å²) >= 11 is 1.65. The fourth-order valence-corrected chi connectivity index (χ4v) is 0.935. The van der Waals surface area contributed by atoms with Gasteiger partial charge in [-0.1, -0.05) is 26.5 Å². The molecule has 68 valence electrons. The lowest BCUT2D eigenvalue weighted by molar-refractivity contribution is 0.810. The lowest BCUT2D eigenvalue weighted by Crippen LogP contribution is -1.92. The molecule has 0 N–H and O–H groups in total. The molecule has 0 unspecified atom stereocenters. The summed E-state index contributed by atoms with van der Waals surface area (Å²) < 4.78 is 0. The molecule has 0 aliphatic heterocycles. The summed E-state index contributed by atoms with van der Waals surface area (Å²) in [5.74, 6) is 0.480. The molecule has 0 aliphatic rings. The van der Waals surface area contributed by atoms with Crippen LogP contribution in [0.15, 0.2) is 28.2 Å². The van der Waals surface area contributed by atoms with Gasteiger partial charge in [0, 0.05) is 6.21 Å². The maximum absolute atomic E-state index is 4.28. The van der Waals surface area contributed by atoms with E-state index in [4.69, 9.17) is 0 Å². The van der Waals surface area contributed by atoms with Gasteiger partial charge in [-0.05, 0) is 24.7 Å². The van der Waals surface area contributed by atoms with Crippen LogP contribution in [-0.4, -0.2) is 12.5 Å². The number of thioether (sulfide) groups is 1. The molecule has 0 aromatic heterocycles. The second-order valence-electron chi connectivity index (χ2n) is 2.82. The molecular formula is C10H17NS. The highest BCUT2D eigenvalue weighted by molar-refractivity contribution is 8.02. The maximum Gasteiger partial charge on any atom is 0.0914 e. The van der Waals surface area contributed by atoms with Crippen LogP contribution in [0.25, 0.3) is 0 Å². The van der Waals surface area contributed by atoms with Gasteiger partial charge in [-0.2, -0.15) is 0 Å². The number of hydrogen-bond acceptors (Lipinski definition) is 2. The average Bonchev–Trinajstić information content (AvgIpc) is 2.05. The first-order valence-corrected chi connectivity index (χ1v) is 5.27. The molecule has 0 heterocycles. The molecule has 0 radical (unpaired) electrons. The van der Waals surface area contributed by atoms with Crippen LogP contribution in [0.4, 0.5) is 0 Å². The van der Waals surface area contributed by atoms with E-state index in [1.165, 1.54) is 0 Å². The SMILES string of the molecule is C=C(/C=N\C(=C/C)SC)C(C)C. The van der Waals surface area contributed by atoms with Gasteiger partial charge in [0.2, 0.25) is 0 Å². The Labute approximate surface area is 79.7 Å². The number of rotatable bonds is 4. The van der Waals surface area contributed by atoms with E-state index >= 15 is 0 Å². The lowest BCUT2D eigenvalue weighted by atomic mass is 10.1. The summed E-state index contributed by atoms with van der Waals surface area (Å²) in [5, 5.41) is 1.04. The van der Waals surface area contributed by atoms with Gasteiger partial charge in [-0.25, -0.2) is 0 Å². The van der Waals surface area contributed by atoms with Gasteiger partial charge in [0.1, 0.15) is 0 Å². The third-order valence-electron chi connectivity index (χ3n) is 1.56. The fraction of sp³-hybridized carbons (Fsp3) is 0.500. The number of nitrogens with zero attached hydrogens (tertiary/aromatic N) is 1. The van der Waals surface area contributed by atoms with Crippen molar-refractivity contribution in [1.29, 1.82) is 0 Å². The smallest absolute Gasteiger partial charge is 0.0914 e. The van der Waals surface area contributed by atoms with Crippen LogP contribution in [0, 0.1) is 5.92 Å². The van der Waals surface area contributed by atoms with E-state index in [1.807, 2.05) is 25.5 Å². The average molecular weight is 183 g/mol. The van der Waals surface area contributed by atoms with E-state index in [0.29, 0.717) is 5.92 Å². The van der Waals surface area contributed by atoms with Crippen LogP contribution in [0.3, 0.4) is 0 Å². The first-order chi connectivity index (χ1) is 5.61. The standard InChI is InChI=1S/C10H17NS/c1-6-10(12-5)11-7-9(4)8(2)3/h6-8H,4H2,1-3,5H3/b10-6+,11-7-. The molecule has 0 aromatic rings. The highest BCUT2D eigenvalue weighted by atomic mass is 32.2. The van der Waals surface area contributed by atoms with E-state index in [1.54, 1.807) is 11.8 Å². The van der Waals surface area contributed by atoms with Crippen LogP contribution in [-0.2, 0) is 0 Å². The van der Waals surface area contributed by atoms with E-state index in [0.717, 1.165) is 10.6 Å². The van der Waals surface area contributed by atoms with E-state index in [2.05, 4.69) is 25.4 Å². The number of hydrogen-bond donors (Lipinski definition) is 0. The molecule has 1 nitrogen and oxygen atoms in total. The zero-order valence-corrected chi connectivity index (χ0v) is 9.11. The molecule has 2 heteroatoms. The van der Waals surface area contributed by atoms with Gasteiger partial charge in [0.05, 0.1) is 5.03 Å². The Balaban J connectivity index is 4.15. The zero-order valence-electron chi connectivity index (χ0n) is 8.29. The summed E-state index contributed by atoms with van der Waals surface area (Å²) in [7, 11) is 0. The molecule has 0 amide bonds. The first-order valence-electron chi connectivity index (χ1n) is 4.05. The second kappa shape index (κ2) is 6.06. The molecule has 0 spiro atoms. The summed E-state index contributed by atoms with van der Waals surface area (Å²) in [4.78, 5) is 4.28. The van der Waals surface area contributed by atoms with Crippen molar-refractivity contribution >= 4 is 18.0 Å². The van der Waals surface area contributed by atoms with Gasteiger partial charge >= 0.3 is 0 Å². The normalized spacial score (nSPS) is 12.9. The van der Waals surface area contributed by atoms with E-state index < -0.39 is 0 Å². The minimum absolute atomic E-state index is 0.480. The van der Waals surface area contributed by atoms with Crippen molar-refractivity contribution < 1.29 is 0 Å². The predicted octanol–water partition coefficient (Wildman–Crippen LogP) is 3.49. The Hall–Kier alpha value is -0.500. The van der Waals surface area contributed by atoms with Crippen LogP contribution in [0.2, 0.25) is 0 Å². The monoisotopic (exact) mass is 183 g/mol. The topological polar surface area (TPSA) is 12.4 Å². The maximum atomic E-state index is 4.28. The fourth-order valence-electron chi connectivity index (χ4n) is 0.541. The molecular weight excluding hydrogens is 166 g/mol. The number of aliphatic imine (C=N–C) groups is 1. The van der Waals surface area contributed by atoms with Gasteiger partial charge < -0.3 is 0 Å². The Morgan fingerprint density at radius 2 is 2.08 bits per heavy atom. The van der Waals surface area contributed by atoms with Crippen molar-refractivity contribution in [2.75, 3.05) is 6.26 Å². The van der Waals surface area contributed by atoms with Crippen molar-refractivity contribution in [3.63, 3.8) is 0 Å². The second-order valence-corrected chi connectivity index (χ2v) is 3.65. The van der Waals surface area contributed by atoms with Crippen LogP contribution in [0.5, 0.6) is 0 Å². The van der Waals surface area contributed by atoms with Gasteiger partial charge in [0.15, 0.2) is 0 Å². The highest BCUT2D eigenvalue weighted by Crippen LogP contribution is 2.13. The molecule has 0 saturated heterocycles. The van der Waals surface area contributed by atoms with Gasteiger partial charge in [-0.15, -0.1) is 11.8 Å². The predicted molar refractivity (Wildman–Crippen MR) is 59.7 cm³/mol. The lowest BCUT2D eigenvalue weighted by Gasteiger charge is -2.02. The zero-order chi connectivity index (χ0) is 9.56. The molecule has 0 rings (SSSR count). The third-order valence-corrected chi connectivity index (χ3v) is 2.31. The van der Waals surface area contributed by atoms with Crippen molar-refractivity contribution in [3.8, 4) is 0 Å². The molecule has 0 bridgehead atoms. The van der Waals surface area contributed by atoms with Gasteiger partial charge in [0.25, 0.3) is 0 Å². The van der Waals surface area contributed by atoms with Crippen molar-refractivity contribution in [1.82, 2.24) is 0 Å². The van der Waals surface area contributed by atoms with Crippen LogP contribution < -0.4 is 0 Å². The molecule has 0 atom stereocenters. The summed E-state index contributed by atoms with van der Waals surface area (Å²) in [5.41, 5.74) is 1.07. The Kier molecular flexibility index (Phi) is 5.81. The molecule has 0 aromatic carbocycles. The summed E-state index contributed by atoms with van der Waals surface area (Å²) in [6.07, 6.45) is 5.86.